The minimum absolute atomic E-state index is 0.0814. The lowest BCUT2D eigenvalue weighted by Gasteiger charge is -2.18. The Balaban J connectivity index is 1.59. The zero-order valence-electron chi connectivity index (χ0n) is 16.9. The van der Waals surface area contributed by atoms with Gasteiger partial charge in [-0.05, 0) is 30.2 Å². The van der Waals surface area contributed by atoms with Crippen LogP contribution < -0.4 is 24.4 Å². The maximum atomic E-state index is 12.6. The van der Waals surface area contributed by atoms with E-state index in [1.807, 2.05) is 24.3 Å². The number of carbonyl (C=O) groups excluding carboxylic acids is 2. The third kappa shape index (κ3) is 4.62. The van der Waals surface area contributed by atoms with Crippen LogP contribution in [0.5, 0.6) is 17.2 Å². The average Bonchev–Trinajstić information content (AvgIpc) is 3.15. The van der Waals surface area contributed by atoms with Crippen LogP contribution in [0, 0.1) is 5.92 Å². The van der Waals surface area contributed by atoms with Crippen molar-refractivity contribution in [1.82, 2.24) is 5.32 Å². The van der Waals surface area contributed by atoms with E-state index in [1.54, 1.807) is 44.4 Å². The molecule has 0 radical (unpaired) electrons. The summed E-state index contributed by atoms with van der Waals surface area (Å²) in [6, 6.07) is 13.0. The van der Waals surface area contributed by atoms with Gasteiger partial charge in [0.15, 0.2) is 11.5 Å². The first kappa shape index (κ1) is 20.5. The summed E-state index contributed by atoms with van der Waals surface area (Å²) in [7, 11) is 4.74. The molecule has 0 aromatic heterocycles. The van der Waals surface area contributed by atoms with Gasteiger partial charge in [-0.15, -0.1) is 0 Å². The number of carbonyl (C=O) groups is 2. The highest BCUT2D eigenvalue weighted by Gasteiger charge is 2.35. The third-order valence-electron chi connectivity index (χ3n) is 5.06. The van der Waals surface area contributed by atoms with Crippen molar-refractivity contribution >= 4 is 17.5 Å². The lowest BCUT2D eigenvalue weighted by atomic mass is 10.1. The van der Waals surface area contributed by atoms with E-state index in [0.717, 1.165) is 11.3 Å². The monoisotopic (exact) mass is 398 g/mol. The summed E-state index contributed by atoms with van der Waals surface area (Å²) in [5.41, 5.74) is 1.72. The number of para-hydroxylation sites is 1. The van der Waals surface area contributed by atoms with Gasteiger partial charge in [0.25, 0.3) is 0 Å². The first-order valence-corrected chi connectivity index (χ1v) is 9.49. The highest BCUT2D eigenvalue weighted by atomic mass is 16.5. The van der Waals surface area contributed by atoms with Crippen molar-refractivity contribution in [3.05, 3.63) is 48.0 Å². The number of anilines is 1. The second-order valence-corrected chi connectivity index (χ2v) is 6.80. The van der Waals surface area contributed by atoms with Crippen molar-refractivity contribution in [2.75, 3.05) is 39.3 Å². The quantitative estimate of drug-likeness (QED) is 0.739. The Bertz CT molecular complexity index is 883. The smallest absolute Gasteiger partial charge is 0.227 e. The number of methoxy groups -OCH3 is 3. The van der Waals surface area contributed by atoms with Gasteiger partial charge in [0.1, 0.15) is 5.75 Å². The largest absolute Gasteiger partial charge is 0.496 e. The van der Waals surface area contributed by atoms with Crippen LogP contribution in [0.25, 0.3) is 0 Å². The van der Waals surface area contributed by atoms with Gasteiger partial charge in [-0.3, -0.25) is 9.59 Å². The second-order valence-electron chi connectivity index (χ2n) is 6.80. The predicted molar refractivity (Wildman–Crippen MR) is 110 cm³/mol. The van der Waals surface area contributed by atoms with E-state index < -0.39 is 0 Å². The van der Waals surface area contributed by atoms with Crippen LogP contribution in [0.15, 0.2) is 42.5 Å². The van der Waals surface area contributed by atoms with E-state index in [0.29, 0.717) is 36.7 Å². The lowest BCUT2D eigenvalue weighted by Crippen LogP contribution is -2.34. The van der Waals surface area contributed by atoms with Crippen LogP contribution in [0.1, 0.15) is 12.0 Å². The zero-order chi connectivity index (χ0) is 20.8. The Morgan fingerprint density at radius 3 is 2.48 bits per heavy atom. The molecule has 0 bridgehead atoms. The van der Waals surface area contributed by atoms with Crippen LogP contribution in [0.4, 0.5) is 5.69 Å². The summed E-state index contributed by atoms with van der Waals surface area (Å²) in [6.07, 6.45) is 0.852. The molecule has 1 heterocycles. The minimum atomic E-state index is -0.381. The van der Waals surface area contributed by atoms with Crippen LogP contribution in [0.3, 0.4) is 0 Å². The van der Waals surface area contributed by atoms with E-state index in [9.17, 15) is 9.59 Å². The fourth-order valence-electron chi connectivity index (χ4n) is 3.50. The summed E-state index contributed by atoms with van der Waals surface area (Å²) >= 11 is 0. The predicted octanol–water partition coefficient (Wildman–Crippen LogP) is 2.42. The first-order valence-electron chi connectivity index (χ1n) is 9.49. The number of hydrogen-bond acceptors (Lipinski definition) is 5. The molecule has 0 aliphatic carbocycles. The van der Waals surface area contributed by atoms with Gasteiger partial charge in [-0.1, -0.05) is 18.2 Å². The van der Waals surface area contributed by atoms with Crippen molar-refractivity contribution in [3.8, 4) is 17.2 Å². The summed E-state index contributed by atoms with van der Waals surface area (Å²) in [5.74, 6) is 1.36. The van der Waals surface area contributed by atoms with Gasteiger partial charge >= 0.3 is 0 Å². The fraction of sp³-hybridized carbons (Fsp3) is 0.364. The normalized spacial score (nSPS) is 15.9. The summed E-state index contributed by atoms with van der Waals surface area (Å²) in [5, 5.41) is 2.94. The summed E-state index contributed by atoms with van der Waals surface area (Å²) in [4.78, 5) is 26.7. The Labute approximate surface area is 170 Å². The van der Waals surface area contributed by atoms with E-state index in [1.165, 1.54) is 0 Å². The minimum Gasteiger partial charge on any atom is -0.496 e. The summed E-state index contributed by atoms with van der Waals surface area (Å²) in [6.45, 7) is 0.828. The molecule has 2 amide bonds. The van der Waals surface area contributed by atoms with E-state index in [4.69, 9.17) is 14.2 Å². The number of ether oxygens (including phenoxy) is 3. The van der Waals surface area contributed by atoms with Gasteiger partial charge in [-0.2, -0.15) is 0 Å². The molecular formula is C22H26N2O5. The summed E-state index contributed by atoms with van der Waals surface area (Å²) < 4.78 is 15.9. The standard InChI is InChI=1S/C22H26N2O5/c1-27-18-7-5-4-6-15(18)10-11-23-22(26)16-12-21(25)24(14-16)17-8-9-19(28-2)20(13-17)29-3/h4-9,13,16H,10-12,14H2,1-3H3,(H,23,26). The SMILES string of the molecule is COc1ccccc1CCNC(=O)C1CC(=O)N(c2ccc(OC)c(OC)c2)C1. The van der Waals surface area contributed by atoms with E-state index in [2.05, 4.69) is 5.32 Å². The lowest BCUT2D eigenvalue weighted by molar-refractivity contribution is -0.126. The molecule has 1 unspecified atom stereocenters. The fourth-order valence-corrected chi connectivity index (χ4v) is 3.50. The molecule has 1 aliphatic heterocycles. The van der Waals surface area contributed by atoms with Crippen molar-refractivity contribution in [2.45, 2.75) is 12.8 Å². The van der Waals surface area contributed by atoms with Gasteiger partial charge in [0.05, 0.1) is 27.2 Å². The molecule has 29 heavy (non-hydrogen) atoms. The molecule has 154 valence electrons. The number of nitrogens with zero attached hydrogens (tertiary/aromatic N) is 1. The Morgan fingerprint density at radius 1 is 1.03 bits per heavy atom. The van der Waals surface area contributed by atoms with Gasteiger partial charge in [0, 0.05) is 31.3 Å². The molecule has 1 fully saturated rings. The van der Waals surface area contributed by atoms with E-state index in [-0.39, 0.29) is 24.2 Å². The van der Waals surface area contributed by atoms with Crippen LogP contribution >= 0.6 is 0 Å². The van der Waals surface area contributed by atoms with Crippen LogP contribution in [-0.2, 0) is 16.0 Å². The molecule has 2 aromatic rings. The molecule has 0 saturated carbocycles. The molecule has 1 atom stereocenters. The molecule has 7 nitrogen and oxygen atoms in total. The van der Waals surface area contributed by atoms with Crippen molar-refractivity contribution in [1.29, 1.82) is 0 Å². The molecule has 1 aliphatic rings. The molecule has 7 heteroatoms. The number of hydrogen-bond donors (Lipinski definition) is 1. The van der Waals surface area contributed by atoms with E-state index >= 15 is 0 Å². The highest BCUT2D eigenvalue weighted by Crippen LogP contribution is 2.34. The van der Waals surface area contributed by atoms with Gasteiger partial charge in [-0.25, -0.2) is 0 Å². The Kier molecular flexibility index (Phi) is 6.59. The third-order valence-corrected chi connectivity index (χ3v) is 5.06. The number of benzene rings is 2. The molecule has 3 rings (SSSR count). The number of amides is 2. The van der Waals surface area contributed by atoms with Crippen LogP contribution in [-0.4, -0.2) is 46.2 Å². The maximum Gasteiger partial charge on any atom is 0.227 e. The first-order chi connectivity index (χ1) is 14.1. The maximum absolute atomic E-state index is 12.6. The Hall–Kier alpha value is -3.22. The molecule has 0 spiro atoms. The van der Waals surface area contributed by atoms with Crippen LogP contribution in [0.2, 0.25) is 0 Å². The highest BCUT2D eigenvalue weighted by molar-refractivity contribution is 6.00. The molecule has 1 N–H and O–H groups in total. The second kappa shape index (κ2) is 9.32. The van der Waals surface area contributed by atoms with Gasteiger partial charge < -0.3 is 24.4 Å². The molecule has 1 saturated heterocycles. The van der Waals surface area contributed by atoms with Gasteiger partial charge in [0.2, 0.25) is 11.8 Å². The van der Waals surface area contributed by atoms with Crippen molar-refractivity contribution < 1.29 is 23.8 Å². The Morgan fingerprint density at radius 2 is 1.76 bits per heavy atom. The molecule has 2 aromatic carbocycles. The van der Waals surface area contributed by atoms with Crippen molar-refractivity contribution in [3.63, 3.8) is 0 Å². The molecular weight excluding hydrogens is 372 g/mol. The average molecular weight is 398 g/mol. The zero-order valence-corrected chi connectivity index (χ0v) is 16.9. The number of rotatable bonds is 8. The number of nitrogens with one attached hydrogen (secondary N) is 1. The topological polar surface area (TPSA) is 77.1 Å². The van der Waals surface area contributed by atoms with Crippen molar-refractivity contribution in [2.24, 2.45) is 5.92 Å².